The van der Waals surface area contributed by atoms with E-state index in [4.69, 9.17) is 0 Å². The van der Waals surface area contributed by atoms with Crippen molar-refractivity contribution in [2.24, 2.45) is 4.99 Å². The second kappa shape index (κ2) is 7.22. The molecule has 2 N–H and O–H groups in total. The van der Waals surface area contributed by atoms with Crippen LogP contribution in [-0.2, 0) is 6.54 Å². The van der Waals surface area contributed by atoms with Gasteiger partial charge in [0.15, 0.2) is 5.96 Å². The molecule has 1 aromatic rings. The maximum atomic E-state index is 4.48. The monoisotopic (exact) mass is 240 g/mol. The lowest BCUT2D eigenvalue weighted by Gasteiger charge is -2.09. The minimum absolute atomic E-state index is 0.650. The van der Waals surface area contributed by atoms with Gasteiger partial charge in [0.1, 0.15) is 5.01 Å². The van der Waals surface area contributed by atoms with Crippen molar-refractivity contribution in [1.29, 1.82) is 0 Å². The van der Waals surface area contributed by atoms with Crippen molar-refractivity contribution in [3.8, 4) is 0 Å². The smallest absolute Gasteiger partial charge is 0.191 e. The van der Waals surface area contributed by atoms with Gasteiger partial charge in [0.05, 0.1) is 6.54 Å². The highest BCUT2D eigenvalue weighted by atomic mass is 32.1. The molecule has 1 aromatic heterocycles. The second-order valence-electron chi connectivity index (χ2n) is 3.49. The lowest BCUT2D eigenvalue weighted by Crippen LogP contribution is -2.37. The normalized spacial score (nSPS) is 11.6. The minimum atomic E-state index is 0.650. The van der Waals surface area contributed by atoms with Crippen molar-refractivity contribution in [3.05, 3.63) is 16.1 Å². The van der Waals surface area contributed by atoms with E-state index in [1.807, 2.05) is 6.20 Å². The molecule has 0 atom stereocenters. The third-order valence-electron chi connectivity index (χ3n) is 1.93. The zero-order chi connectivity index (χ0) is 11.8. The molecule has 1 heterocycles. The summed E-state index contributed by atoms with van der Waals surface area (Å²) in [5.74, 6) is 0.872. The first-order chi connectivity index (χ1) is 7.76. The molecule has 5 heteroatoms. The van der Waals surface area contributed by atoms with E-state index >= 15 is 0 Å². The van der Waals surface area contributed by atoms with Crippen molar-refractivity contribution in [3.63, 3.8) is 0 Å². The first kappa shape index (κ1) is 13.0. The molecular formula is C11H20N4S. The molecule has 0 spiro atoms. The summed E-state index contributed by atoms with van der Waals surface area (Å²) >= 11 is 1.70. The molecule has 0 amide bonds. The zero-order valence-corrected chi connectivity index (χ0v) is 11.0. The first-order valence-corrected chi connectivity index (χ1v) is 6.51. The summed E-state index contributed by atoms with van der Waals surface area (Å²) in [4.78, 5) is 9.99. The summed E-state index contributed by atoms with van der Waals surface area (Å²) in [5.41, 5.74) is 0. The maximum absolute atomic E-state index is 4.48. The number of aliphatic imine (C=N–C) groups is 1. The van der Waals surface area contributed by atoms with Crippen LogP contribution in [0.1, 0.15) is 30.2 Å². The van der Waals surface area contributed by atoms with E-state index in [1.54, 1.807) is 11.3 Å². The van der Waals surface area contributed by atoms with Gasteiger partial charge in [-0.1, -0.05) is 6.92 Å². The quantitative estimate of drug-likeness (QED) is 0.610. The molecule has 4 nitrogen and oxygen atoms in total. The largest absolute Gasteiger partial charge is 0.357 e. The van der Waals surface area contributed by atoms with Crippen LogP contribution in [0.15, 0.2) is 11.2 Å². The number of guanidine groups is 1. The van der Waals surface area contributed by atoms with Crippen LogP contribution < -0.4 is 10.6 Å². The van der Waals surface area contributed by atoms with E-state index in [2.05, 4.69) is 41.4 Å². The van der Waals surface area contributed by atoms with Crippen molar-refractivity contribution in [2.75, 3.05) is 13.1 Å². The molecule has 0 aromatic carbocycles. The molecule has 1 rings (SSSR count). The summed E-state index contributed by atoms with van der Waals surface area (Å²) in [6, 6.07) is 0. The van der Waals surface area contributed by atoms with Gasteiger partial charge in [-0.2, -0.15) is 0 Å². The average molecular weight is 240 g/mol. The summed E-state index contributed by atoms with van der Waals surface area (Å²) in [7, 11) is 0. The number of thiazole rings is 1. The highest BCUT2D eigenvalue weighted by Crippen LogP contribution is 2.11. The van der Waals surface area contributed by atoms with Gasteiger partial charge in [0.2, 0.25) is 0 Å². The van der Waals surface area contributed by atoms with Crippen molar-refractivity contribution in [1.82, 2.24) is 15.6 Å². The average Bonchev–Trinajstić information content (AvgIpc) is 2.68. The fourth-order valence-electron chi connectivity index (χ4n) is 1.21. The Bertz CT molecular complexity index is 332. The topological polar surface area (TPSA) is 49.3 Å². The van der Waals surface area contributed by atoms with Gasteiger partial charge in [0, 0.05) is 24.2 Å². The van der Waals surface area contributed by atoms with Crippen LogP contribution in [0.5, 0.6) is 0 Å². The number of nitrogens with one attached hydrogen (secondary N) is 2. The Morgan fingerprint density at radius 3 is 2.81 bits per heavy atom. The van der Waals surface area contributed by atoms with E-state index in [-0.39, 0.29) is 0 Å². The minimum Gasteiger partial charge on any atom is -0.357 e. The zero-order valence-electron chi connectivity index (χ0n) is 10.2. The van der Waals surface area contributed by atoms with Crippen LogP contribution in [0.25, 0.3) is 0 Å². The van der Waals surface area contributed by atoms with E-state index in [0.717, 1.165) is 30.5 Å². The Balaban J connectivity index is 2.49. The van der Waals surface area contributed by atoms with Crippen molar-refractivity contribution >= 4 is 17.3 Å². The van der Waals surface area contributed by atoms with Crippen LogP contribution in [-0.4, -0.2) is 24.0 Å². The van der Waals surface area contributed by atoms with Crippen molar-refractivity contribution < 1.29 is 0 Å². The van der Waals surface area contributed by atoms with Gasteiger partial charge in [-0.25, -0.2) is 9.98 Å². The van der Waals surface area contributed by atoms with Crippen LogP contribution in [0.4, 0.5) is 0 Å². The summed E-state index contributed by atoms with van der Waals surface area (Å²) < 4.78 is 0. The molecule has 0 bridgehead atoms. The van der Waals surface area contributed by atoms with Crippen LogP contribution in [0.2, 0.25) is 0 Å². The summed E-state index contributed by atoms with van der Waals surface area (Å²) in [6.45, 7) is 8.75. The van der Waals surface area contributed by atoms with Gasteiger partial charge >= 0.3 is 0 Å². The molecule has 0 radical (unpaired) electrons. The summed E-state index contributed by atoms with van der Waals surface area (Å²) in [6.07, 6.45) is 2.99. The lowest BCUT2D eigenvalue weighted by atomic mass is 10.5. The Labute approximate surface area is 101 Å². The number of hydrogen-bond acceptors (Lipinski definition) is 3. The molecular weight excluding hydrogens is 220 g/mol. The molecule has 0 aliphatic carbocycles. The van der Waals surface area contributed by atoms with E-state index in [0.29, 0.717) is 6.54 Å². The third kappa shape index (κ3) is 4.61. The third-order valence-corrected chi connectivity index (χ3v) is 2.83. The predicted molar refractivity (Wildman–Crippen MR) is 70.0 cm³/mol. The van der Waals surface area contributed by atoms with E-state index < -0.39 is 0 Å². The number of nitrogens with zero attached hydrogens (tertiary/aromatic N) is 2. The molecule has 0 aliphatic heterocycles. The SMILES string of the molecule is CCCNC(=NCc1ncc(C)s1)NCC. The molecule has 0 aliphatic rings. The fraction of sp³-hybridized carbons (Fsp3) is 0.636. The van der Waals surface area contributed by atoms with Crippen molar-refractivity contribution in [2.45, 2.75) is 33.7 Å². The van der Waals surface area contributed by atoms with Crippen LogP contribution in [0.3, 0.4) is 0 Å². The predicted octanol–water partition coefficient (Wildman–Crippen LogP) is 1.92. The fourth-order valence-corrected chi connectivity index (χ4v) is 1.92. The second-order valence-corrected chi connectivity index (χ2v) is 4.81. The molecule has 0 unspecified atom stereocenters. The Morgan fingerprint density at radius 2 is 2.25 bits per heavy atom. The molecule has 90 valence electrons. The van der Waals surface area contributed by atoms with Gasteiger partial charge < -0.3 is 10.6 Å². The van der Waals surface area contributed by atoms with E-state index in [1.165, 1.54) is 4.88 Å². The van der Waals surface area contributed by atoms with Gasteiger partial charge in [-0.15, -0.1) is 11.3 Å². The van der Waals surface area contributed by atoms with Gasteiger partial charge in [-0.3, -0.25) is 0 Å². The van der Waals surface area contributed by atoms with Gasteiger partial charge in [-0.05, 0) is 20.3 Å². The number of aromatic nitrogens is 1. The molecule has 16 heavy (non-hydrogen) atoms. The highest BCUT2D eigenvalue weighted by Gasteiger charge is 1.99. The Hall–Kier alpha value is -1.10. The molecule has 0 saturated heterocycles. The van der Waals surface area contributed by atoms with E-state index in [9.17, 15) is 0 Å². The molecule has 0 saturated carbocycles. The van der Waals surface area contributed by atoms with Crippen LogP contribution in [0, 0.1) is 6.92 Å². The standard InChI is InChI=1S/C11H20N4S/c1-4-6-13-11(12-5-2)15-8-10-14-7-9(3)16-10/h7H,4-6,8H2,1-3H3,(H2,12,13,15). The van der Waals surface area contributed by atoms with Gasteiger partial charge in [0.25, 0.3) is 0 Å². The number of rotatable bonds is 5. The number of aryl methyl sites for hydroxylation is 1. The first-order valence-electron chi connectivity index (χ1n) is 5.69. The lowest BCUT2D eigenvalue weighted by molar-refractivity contribution is 0.785. The highest BCUT2D eigenvalue weighted by molar-refractivity contribution is 7.11. The number of hydrogen-bond donors (Lipinski definition) is 2. The Morgan fingerprint density at radius 1 is 1.44 bits per heavy atom. The summed E-state index contributed by atoms with van der Waals surface area (Å²) in [5, 5.41) is 7.53. The van der Waals surface area contributed by atoms with Crippen LogP contribution >= 0.6 is 11.3 Å². The Kier molecular flexibility index (Phi) is 5.85. The molecule has 0 fully saturated rings. The maximum Gasteiger partial charge on any atom is 0.191 e.